The molecule has 0 saturated heterocycles. The van der Waals surface area contributed by atoms with Crippen molar-refractivity contribution in [1.29, 1.82) is 0 Å². The summed E-state index contributed by atoms with van der Waals surface area (Å²) in [6, 6.07) is 2.05. The van der Waals surface area contributed by atoms with Gasteiger partial charge in [-0.1, -0.05) is 94.3 Å². The van der Waals surface area contributed by atoms with Crippen molar-refractivity contribution in [3.05, 3.63) is 16.8 Å². The second-order valence-electron chi connectivity index (χ2n) is 7.63. The van der Waals surface area contributed by atoms with E-state index in [-0.39, 0.29) is 0 Å². The van der Waals surface area contributed by atoms with Gasteiger partial charge >= 0.3 is 5.97 Å². The van der Waals surface area contributed by atoms with Crippen LogP contribution < -0.4 is 0 Å². The van der Waals surface area contributed by atoms with Crippen molar-refractivity contribution in [3.63, 3.8) is 0 Å². The number of rotatable bonds is 16. The van der Waals surface area contributed by atoms with Gasteiger partial charge < -0.3 is 5.11 Å². The lowest BCUT2D eigenvalue weighted by Gasteiger charge is -2.27. The van der Waals surface area contributed by atoms with Crippen molar-refractivity contribution in [2.45, 2.75) is 99.9 Å². The van der Waals surface area contributed by atoms with Crippen LogP contribution in [0.15, 0.2) is 21.0 Å². The predicted octanol–water partition coefficient (Wildman–Crippen LogP) is 7.90. The Kier molecular flexibility index (Phi) is 11.2. The Morgan fingerprint density at radius 1 is 1.03 bits per heavy atom. The van der Waals surface area contributed by atoms with E-state index in [1.165, 1.54) is 74.7 Å². The van der Waals surface area contributed by atoms with Gasteiger partial charge in [-0.25, -0.2) is 0 Å². The number of carboxylic acid groups (broad SMARTS) is 1. The van der Waals surface area contributed by atoms with Gasteiger partial charge in [0.2, 0.25) is 0 Å². The summed E-state index contributed by atoms with van der Waals surface area (Å²) in [5, 5.41) is 18.1. The second kappa shape index (κ2) is 13.4. The summed E-state index contributed by atoms with van der Waals surface area (Å²) in [6.45, 7) is 4.25. The van der Waals surface area contributed by atoms with Crippen molar-refractivity contribution >= 4 is 40.6 Å². The summed E-state index contributed by atoms with van der Waals surface area (Å²) in [6.07, 6.45) is 14.0. The molecule has 2 aromatic heterocycles. The van der Waals surface area contributed by atoms with Crippen LogP contribution in [0.1, 0.15) is 90.9 Å². The molecular formula is C22H34N2O2S3. The molecule has 0 amide bonds. The molecule has 0 spiro atoms. The molecule has 0 aliphatic carbocycles. The van der Waals surface area contributed by atoms with Gasteiger partial charge in [-0.15, -0.1) is 16.4 Å². The van der Waals surface area contributed by atoms with Crippen LogP contribution in [-0.2, 0) is 4.79 Å². The number of unbranched alkanes of at least 4 members (excludes halogenated alkanes) is 9. The lowest BCUT2D eigenvalue weighted by atomic mass is 9.96. The first kappa shape index (κ1) is 24.4. The Balaban J connectivity index is 1.77. The molecule has 2 heterocycles. The van der Waals surface area contributed by atoms with E-state index in [9.17, 15) is 9.90 Å². The molecule has 2 rings (SSSR count). The highest BCUT2D eigenvalue weighted by Gasteiger charge is 2.37. The largest absolute Gasteiger partial charge is 0.480 e. The molecule has 4 nitrogen and oxygen atoms in total. The van der Waals surface area contributed by atoms with E-state index in [0.29, 0.717) is 6.42 Å². The smallest absolute Gasteiger partial charge is 0.320 e. The van der Waals surface area contributed by atoms with E-state index in [1.54, 1.807) is 11.3 Å². The Morgan fingerprint density at radius 3 is 2.24 bits per heavy atom. The maximum atomic E-state index is 12.1. The van der Waals surface area contributed by atoms with Crippen molar-refractivity contribution in [2.75, 3.05) is 0 Å². The van der Waals surface area contributed by atoms with Gasteiger partial charge in [0, 0.05) is 16.3 Å². The SMILES string of the molecule is CCCCCCCCCCCCC(CC)(Sc1cc(-c2csnn2)cs1)C(=O)O. The summed E-state index contributed by atoms with van der Waals surface area (Å²) >= 11 is 4.45. The van der Waals surface area contributed by atoms with Crippen LogP contribution in [0.2, 0.25) is 0 Å². The summed E-state index contributed by atoms with van der Waals surface area (Å²) in [4.78, 5) is 12.1. The Morgan fingerprint density at radius 2 is 1.69 bits per heavy atom. The first-order chi connectivity index (χ1) is 14.1. The summed E-state index contributed by atoms with van der Waals surface area (Å²) < 4.78 is 4.22. The molecule has 2 aromatic rings. The van der Waals surface area contributed by atoms with Gasteiger partial charge in [-0.3, -0.25) is 4.79 Å². The monoisotopic (exact) mass is 454 g/mol. The van der Waals surface area contributed by atoms with Gasteiger partial charge in [0.05, 0.1) is 4.21 Å². The van der Waals surface area contributed by atoms with Crippen LogP contribution >= 0.6 is 34.6 Å². The molecule has 0 fully saturated rings. The number of thioether (sulfide) groups is 1. The average molecular weight is 455 g/mol. The molecule has 1 unspecified atom stereocenters. The van der Waals surface area contributed by atoms with Crippen LogP contribution in [0.25, 0.3) is 11.3 Å². The number of nitrogens with zero attached hydrogens (tertiary/aromatic N) is 2. The second-order valence-corrected chi connectivity index (χ2v) is 10.8. The number of carboxylic acids is 1. The number of hydrogen-bond acceptors (Lipinski definition) is 6. The van der Waals surface area contributed by atoms with Crippen LogP contribution in [0.4, 0.5) is 0 Å². The zero-order valence-electron chi connectivity index (χ0n) is 17.7. The number of carbonyl (C=O) groups is 1. The van der Waals surface area contributed by atoms with E-state index in [1.807, 2.05) is 17.7 Å². The number of thiophene rings is 1. The van der Waals surface area contributed by atoms with E-state index in [4.69, 9.17) is 0 Å². The zero-order chi connectivity index (χ0) is 21.0. The molecule has 0 radical (unpaired) electrons. The third-order valence-corrected chi connectivity index (χ3v) is 8.56. The zero-order valence-corrected chi connectivity index (χ0v) is 20.1. The fraction of sp³-hybridized carbons (Fsp3) is 0.682. The van der Waals surface area contributed by atoms with Gasteiger partial charge in [0.15, 0.2) is 0 Å². The predicted molar refractivity (Wildman–Crippen MR) is 126 cm³/mol. The van der Waals surface area contributed by atoms with Crippen molar-refractivity contribution in [2.24, 2.45) is 0 Å². The highest BCUT2D eigenvalue weighted by atomic mass is 32.2. The van der Waals surface area contributed by atoms with E-state index >= 15 is 0 Å². The van der Waals surface area contributed by atoms with Crippen LogP contribution in [0.5, 0.6) is 0 Å². The van der Waals surface area contributed by atoms with Crippen molar-refractivity contribution < 1.29 is 9.90 Å². The summed E-state index contributed by atoms with van der Waals surface area (Å²) in [5.74, 6) is -0.689. The lowest BCUT2D eigenvalue weighted by molar-refractivity contribution is -0.140. The Hall–Kier alpha value is -0.920. The highest BCUT2D eigenvalue weighted by molar-refractivity contribution is 8.03. The fourth-order valence-corrected chi connectivity index (χ4v) is 6.44. The molecule has 0 aromatic carbocycles. The minimum Gasteiger partial charge on any atom is -0.480 e. The van der Waals surface area contributed by atoms with Crippen LogP contribution in [0.3, 0.4) is 0 Å². The molecule has 0 aliphatic rings. The van der Waals surface area contributed by atoms with Gasteiger partial charge in [-0.05, 0) is 30.4 Å². The molecule has 29 heavy (non-hydrogen) atoms. The topological polar surface area (TPSA) is 63.1 Å². The van der Waals surface area contributed by atoms with Crippen molar-refractivity contribution in [3.8, 4) is 11.3 Å². The standard InChI is InChI=1S/C22H34N2O2S3/c1-3-5-6-7-8-9-10-11-12-13-14-22(4-2,21(25)26)29-20-15-18(16-27-20)19-17-28-24-23-19/h15-17H,3-14H2,1-2H3,(H,25,26). The molecule has 1 atom stereocenters. The molecule has 0 aliphatic heterocycles. The first-order valence-corrected chi connectivity index (χ1v) is 13.4. The normalized spacial score (nSPS) is 13.4. The van der Waals surface area contributed by atoms with Crippen LogP contribution in [0, 0.1) is 0 Å². The van der Waals surface area contributed by atoms with Gasteiger partial charge in [0.25, 0.3) is 0 Å². The third kappa shape index (κ3) is 8.02. The molecule has 1 N–H and O–H groups in total. The molecule has 7 heteroatoms. The number of aliphatic carboxylic acids is 1. The lowest BCUT2D eigenvalue weighted by Crippen LogP contribution is -2.34. The highest BCUT2D eigenvalue weighted by Crippen LogP contribution is 2.44. The number of hydrogen-bond donors (Lipinski definition) is 1. The minimum absolute atomic E-state index is 0.635. The molecule has 0 saturated carbocycles. The van der Waals surface area contributed by atoms with E-state index in [2.05, 4.69) is 22.6 Å². The summed E-state index contributed by atoms with van der Waals surface area (Å²) in [5.41, 5.74) is 1.89. The van der Waals surface area contributed by atoms with Crippen molar-refractivity contribution in [1.82, 2.24) is 9.59 Å². The summed E-state index contributed by atoms with van der Waals surface area (Å²) in [7, 11) is 0. The minimum atomic E-state index is -0.734. The maximum absolute atomic E-state index is 12.1. The Bertz CT molecular complexity index is 703. The van der Waals surface area contributed by atoms with Crippen LogP contribution in [-0.4, -0.2) is 25.4 Å². The molecule has 0 bridgehead atoms. The van der Waals surface area contributed by atoms with Gasteiger partial charge in [0.1, 0.15) is 10.4 Å². The van der Waals surface area contributed by atoms with E-state index < -0.39 is 10.7 Å². The molecular weight excluding hydrogens is 420 g/mol. The Labute approximate surface area is 187 Å². The quantitative estimate of drug-likeness (QED) is 0.206. The first-order valence-electron chi connectivity index (χ1n) is 10.9. The number of aromatic nitrogens is 2. The molecule has 162 valence electrons. The fourth-order valence-electron chi connectivity index (χ4n) is 3.49. The van der Waals surface area contributed by atoms with Gasteiger partial charge in [-0.2, -0.15) is 0 Å². The average Bonchev–Trinajstić information content (AvgIpc) is 3.40. The van der Waals surface area contributed by atoms with E-state index in [0.717, 1.165) is 34.7 Å². The maximum Gasteiger partial charge on any atom is 0.320 e. The third-order valence-electron chi connectivity index (χ3n) is 5.42.